The van der Waals surface area contributed by atoms with Crippen LogP contribution in [0.1, 0.15) is 23.6 Å². The maximum Gasteiger partial charge on any atom is 2.00 e. The van der Waals surface area contributed by atoms with Crippen molar-refractivity contribution in [2.24, 2.45) is 0 Å². The van der Waals surface area contributed by atoms with E-state index < -0.39 is 8.32 Å². The summed E-state index contributed by atoms with van der Waals surface area (Å²) in [4.78, 5) is 0. The van der Waals surface area contributed by atoms with Gasteiger partial charge in [-0.3, -0.25) is 0 Å². The molecular weight excluding hydrogens is 292 g/mol. The first kappa shape index (κ1) is 16.5. The summed E-state index contributed by atoms with van der Waals surface area (Å²) in [7, 11) is -1.68. The van der Waals surface area contributed by atoms with E-state index in [1.54, 1.807) is 0 Å². The Balaban J connectivity index is -0.000000750. The Morgan fingerprint density at radius 3 is 1.94 bits per heavy atom. The fraction of sp³-hybridized carbons (Fsp3) is 0.500. The van der Waals surface area contributed by atoms with Gasteiger partial charge in [-0.1, -0.05) is 36.7 Å². The standard InChI is InChI=1S/C12H19BrOSi.Mg.2H/c1-12(2,3)15(4,5)14-11-8-6-10(13)7-9-11;;;/h6-9H,1-5H3;;;/q;+2;2*-1. The summed E-state index contributed by atoms with van der Waals surface area (Å²) in [6, 6.07) is 8.07. The number of hydrogen-bond donors (Lipinski definition) is 0. The van der Waals surface area contributed by atoms with Crippen LogP contribution in [0.25, 0.3) is 0 Å². The van der Waals surface area contributed by atoms with Crippen molar-refractivity contribution in [3.8, 4) is 5.75 Å². The zero-order valence-electron chi connectivity index (χ0n) is 12.8. The molecule has 1 aromatic rings. The van der Waals surface area contributed by atoms with Crippen LogP contribution in [0.2, 0.25) is 18.1 Å². The van der Waals surface area contributed by atoms with Gasteiger partial charge in [-0.15, -0.1) is 0 Å². The molecule has 88 valence electrons. The normalized spacial score (nSPS) is 11.9. The summed E-state index contributed by atoms with van der Waals surface area (Å²) < 4.78 is 7.23. The van der Waals surface area contributed by atoms with Gasteiger partial charge in [0.2, 0.25) is 8.32 Å². The summed E-state index contributed by atoms with van der Waals surface area (Å²) in [5.74, 6) is 0.977. The van der Waals surface area contributed by atoms with Crippen LogP contribution >= 0.6 is 15.9 Å². The summed E-state index contributed by atoms with van der Waals surface area (Å²) in [6.07, 6.45) is 0. The second-order valence-electron chi connectivity index (χ2n) is 5.32. The van der Waals surface area contributed by atoms with Gasteiger partial charge < -0.3 is 7.28 Å². The second-order valence-corrected chi connectivity index (χ2v) is 11.0. The SMILES string of the molecule is CC(C)(C)[Si](C)(C)Oc1ccc(Br)cc1.[H-].[H-].[Mg+2]. The molecular formula is C12H21BrMgOSi. The van der Waals surface area contributed by atoms with Gasteiger partial charge in [0.25, 0.3) is 0 Å². The zero-order chi connectivity index (χ0) is 11.7. The van der Waals surface area contributed by atoms with Gasteiger partial charge in [-0.25, -0.2) is 0 Å². The van der Waals surface area contributed by atoms with Crippen LogP contribution in [0.5, 0.6) is 5.75 Å². The summed E-state index contributed by atoms with van der Waals surface area (Å²) in [5, 5.41) is 0.250. The van der Waals surface area contributed by atoms with Crippen molar-refractivity contribution in [3.63, 3.8) is 0 Å². The molecule has 4 heteroatoms. The average molecular weight is 314 g/mol. The molecule has 0 saturated carbocycles. The molecule has 0 aliphatic heterocycles. The molecule has 0 aliphatic rings. The van der Waals surface area contributed by atoms with Crippen LogP contribution < -0.4 is 4.43 Å². The molecule has 0 unspecified atom stereocenters. The first-order chi connectivity index (χ1) is 6.72. The summed E-state index contributed by atoms with van der Waals surface area (Å²) in [5.41, 5.74) is 0. The Bertz CT molecular complexity index is 339. The van der Waals surface area contributed by atoms with E-state index in [0.29, 0.717) is 0 Å². The van der Waals surface area contributed by atoms with Crippen molar-refractivity contribution in [2.75, 3.05) is 0 Å². The predicted molar refractivity (Wildman–Crippen MR) is 79.9 cm³/mol. The third-order valence-corrected chi connectivity index (χ3v) is 7.88. The minimum absolute atomic E-state index is 0. The molecule has 0 heterocycles. The zero-order valence-corrected chi connectivity index (χ0v) is 14.8. The van der Waals surface area contributed by atoms with Crippen molar-refractivity contribution < 1.29 is 7.28 Å². The van der Waals surface area contributed by atoms with Crippen LogP contribution in [0.4, 0.5) is 0 Å². The van der Waals surface area contributed by atoms with Crippen LogP contribution in [-0.4, -0.2) is 31.4 Å². The van der Waals surface area contributed by atoms with Gasteiger partial charge in [-0.05, 0) is 42.4 Å². The van der Waals surface area contributed by atoms with E-state index in [0.717, 1.165) is 10.2 Å². The van der Waals surface area contributed by atoms with E-state index in [4.69, 9.17) is 4.43 Å². The number of hydrogen-bond acceptors (Lipinski definition) is 1. The number of benzene rings is 1. The molecule has 0 N–H and O–H groups in total. The molecule has 0 bridgehead atoms. The Kier molecular flexibility index (Phi) is 6.07. The maximum absolute atomic E-state index is 6.14. The Morgan fingerprint density at radius 2 is 1.56 bits per heavy atom. The summed E-state index contributed by atoms with van der Waals surface area (Å²) in [6.45, 7) is 11.3. The van der Waals surface area contributed by atoms with Crippen molar-refractivity contribution >= 4 is 47.3 Å². The van der Waals surface area contributed by atoms with Gasteiger partial charge in [0.1, 0.15) is 5.75 Å². The molecule has 0 radical (unpaired) electrons. The second kappa shape index (κ2) is 5.89. The molecule has 0 spiro atoms. The number of rotatable bonds is 2. The van der Waals surface area contributed by atoms with E-state index >= 15 is 0 Å². The van der Waals surface area contributed by atoms with Crippen LogP contribution in [-0.2, 0) is 0 Å². The maximum atomic E-state index is 6.14. The molecule has 1 aromatic carbocycles. The van der Waals surface area contributed by atoms with Gasteiger partial charge in [0.05, 0.1) is 0 Å². The first-order valence-electron chi connectivity index (χ1n) is 5.17. The van der Waals surface area contributed by atoms with E-state index in [1.807, 2.05) is 24.3 Å². The van der Waals surface area contributed by atoms with E-state index in [2.05, 4.69) is 49.8 Å². The molecule has 0 amide bonds. The van der Waals surface area contributed by atoms with E-state index in [-0.39, 0.29) is 30.9 Å². The van der Waals surface area contributed by atoms with Crippen molar-refractivity contribution in [1.29, 1.82) is 0 Å². The van der Waals surface area contributed by atoms with Crippen molar-refractivity contribution in [1.82, 2.24) is 0 Å². The van der Waals surface area contributed by atoms with Gasteiger partial charge >= 0.3 is 23.1 Å². The molecule has 0 aliphatic carbocycles. The van der Waals surface area contributed by atoms with Crippen molar-refractivity contribution in [3.05, 3.63) is 28.7 Å². The van der Waals surface area contributed by atoms with Gasteiger partial charge in [0.15, 0.2) is 0 Å². The Labute approximate surface area is 127 Å². The topological polar surface area (TPSA) is 9.23 Å². The van der Waals surface area contributed by atoms with Gasteiger partial charge in [0, 0.05) is 4.47 Å². The molecule has 16 heavy (non-hydrogen) atoms. The molecule has 0 fully saturated rings. The molecule has 1 rings (SSSR count). The summed E-state index contributed by atoms with van der Waals surface area (Å²) >= 11 is 3.42. The van der Waals surface area contributed by atoms with Crippen LogP contribution in [0, 0.1) is 0 Å². The quantitative estimate of drug-likeness (QED) is 0.721. The minimum Gasteiger partial charge on any atom is -1.00 e. The molecule has 0 aromatic heterocycles. The molecule has 1 nitrogen and oxygen atoms in total. The molecule has 0 saturated heterocycles. The van der Waals surface area contributed by atoms with Crippen LogP contribution in [0.15, 0.2) is 28.7 Å². The first-order valence-corrected chi connectivity index (χ1v) is 8.87. The Hall–Kier alpha value is 0.483. The van der Waals surface area contributed by atoms with E-state index in [1.165, 1.54) is 0 Å². The van der Waals surface area contributed by atoms with Crippen molar-refractivity contribution in [2.45, 2.75) is 38.9 Å². The van der Waals surface area contributed by atoms with E-state index in [9.17, 15) is 0 Å². The fourth-order valence-corrected chi connectivity index (χ4v) is 2.25. The minimum atomic E-state index is -1.68. The van der Waals surface area contributed by atoms with Crippen LogP contribution in [0.3, 0.4) is 0 Å². The monoisotopic (exact) mass is 312 g/mol. The third kappa shape index (κ3) is 4.39. The Morgan fingerprint density at radius 1 is 1.12 bits per heavy atom. The number of halogens is 1. The van der Waals surface area contributed by atoms with Gasteiger partial charge in [-0.2, -0.15) is 0 Å². The predicted octanol–water partition coefficient (Wildman–Crippen LogP) is 4.68. The largest absolute Gasteiger partial charge is 2.00 e. The molecule has 0 atom stereocenters. The smallest absolute Gasteiger partial charge is 1.00 e. The third-order valence-electron chi connectivity index (χ3n) is 2.99. The fourth-order valence-electron chi connectivity index (χ4n) is 0.950. The average Bonchev–Trinajstić information content (AvgIpc) is 2.06.